The molecule has 0 aliphatic rings. The fourth-order valence-electron chi connectivity index (χ4n) is 3.29. The highest BCUT2D eigenvalue weighted by atomic mass is 35.5. The summed E-state index contributed by atoms with van der Waals surface area (Å²) in [4.78, 5) is 22.7. The fourth-order valence-corrected chi connectivity index (χ4v) is 3.52. The van der Waals surface area contributed by atoms with Crippen LogP contribution in [-0.4, -0.2) is 20.6 Å². The third-order valence-electron chi connectivity index (χ3n) is 5.24. The molecule has 1 N–H and O–H groups in total. The van der Waals surface area contributed by atoms with Gasteiger partial charge in [0.1, 0.15) is 12.4 Å². The van der Waals surface area contributed by atoms with Gasteiger partial charge in [-0.1, -0.05) is 23.7 Å². The third-order valence-corrected chi connectivity index (χ3v) is 5.54. The van der Waals surface area contributed by atoms with Crippen LogP contribution in [0.5, 0.6) is 5.75 Å². The van der Waals surface area contributed by atoms with E-state index in [1.807, 2.05) is 0 Å². The molecule has 8 nitrogen and oxygen atoms in total. The number of nitro groups is 1. The molecule has 196 valence electrons. The fraction of sp³-hybridized carbons (Fsp3) is 0.0833. The first-order valence-electron chi connectivity index (χ1n) is 10.6. The number of halogens is 6. The normalized spacial score (nSPS) is 10.9. The summed E-state index contributed by atoms with van der Waals surface area (Å²) in [6, 6.07) is 11.2. The maximum atomic E-state index is 13.9. The Morgan fingerprint density at radius 2 is 1.61 bits per heavy atom. The molecule has 1 heterocycles. The van der Waals surface area contributed by atoms with Crippen molar-refractivity contribution in [2.24, 2.45) is 0 Å². The van der Waals surface area contributed by atoms with Gasteiger partial charge in [-0.2, -0.15) is 5.10 Å². The minimum absolute atomic E-state index is 0.0286. The Labute approximate surface area is 215 Å². The monoisotopic (exact) mass is 552 g/mol. The highest BCUT2D eigenvalue weighted by Gasteiger charge is 2.26. The standard InChI is InChI=1S/C24H14ClF5N4O4/c25-16-9-14(34(36)37)5-6-17(16)38-11-12-1-3-13(4-2-12)24(35)31-18-7-8-33(32-18)10-15-19(26)21(28)23(30)22(29)20(15)27/h1-9H,10-11H2,(H,31,32,35). The van der Waals surface area contributed by atoms with E-state index in [1.165, 1.54) is 36.5 Å². The minimum atomic E-state index is -2.26. The predicted octanol–water partition coefficient (Wildman–Crippen LogP) is 6.02. The van der Waals surface area contributed by atoms with E-state index < -0.39 is 52.0 Å². The van der Waals surface area contributed by atoms with Crippen molar-refractivity contribution >= 4 is 29.0 Å². The Bertz CT molecular complexity index is 1520. The number of ether oxygens (including phenoxy) is 1. The van der Waals surface area contributed by atoms with E-state index in [-0.39, 0.29) is 34.4 Å². The number of nitro benzene ring substituents is 1. The van der Waals surface area contributed by atoms with Crippen molar-refractivity contribution in [2.45, 2.75) is 13.2 Å². The number of nitrogens with one attached hydrogen (secondary N) is 1. The van der Waals surface area contributed by atoms with Crippen molar-refractivity contribution in [3.05, 3.63) is 116 Å². The topological polar surface area (TPSA) is 99.3 Å². The second-order valence-corrected chi connectivity index (χ2v) is 8.17. The van der Waals surface area contributed by atoms with Gasteiger partial charge in [0.25, 0.3) is 11.6 Å². The number of hydrogen-bond donors (Lipinski definition) is 1. The zero-order valence-electron chi connectivity index (χ0n) is 18.9. The zero-order valence-corrected chi connectivity index (χ0v) is 19.6. The molecule has 0 unspecified atom stereocenters. The van der Waals surface area contributed by atoms with Gasteiger partial charge in [0.05, 0.1) is 22.1 Å². The second-order valence-electron chi connectivity index (χ2n) is 7.76. The molecule has 4 rings (SSSR count). The van der Waals surface area contributed by atoms with Crippen LogP contribution in [0.2, 0.25) is 5.02 Å². The smallest absolute Gasteiger partial charge is 0.271 e. The zero-order chi connectivity index (χ0) is 27.6. The number of non-ortho nitro benzene ring substituents is 1. The molecule has 0 aliphatic heterocycles. The highest BCUT2D eigenvalue weighted by molar-refractivity contribution is 6.32. The molecule has 1 aromatic heterocycles. The summed E-state index contributed by atoms with van der Waals surface area (Å²) >= 11 is 5.99. The number of nitrogens with zero attached hydrogens (tertiary/aromatic N) is 3. The molecule has 3 aromatic carbocycles. The van der Waals surface area contributed by atoms with E-state index in [2.05, 4.69) is 10.4 Å². The van der Waals surface area contributed by atoms with E-state index in [9.17, 15) is 36.9 Å². The second kappa shape index (κ2) is 10.8. The number of amides is 1. The van der Waals surface area contributed by atoms with E-state index in [1.54, 1.807) is 12.1 Å². The van der Waals surface area contributed by atoms with Crippen LogP contribution < -0.4 is 10.1 Å². The first-order chi connectivity index (χ1) is 18.0. The SMILES string of the molecule is O=C(Nc1ccn(Cc2c(F)c(F)c(F)c(F)c2F)n1)c1ccc(COc2ccc([N+](=O)[O-])cc2Cl)cc1. The number of carbonyl (C=O) groups is 1. The summed E-state index contributed by atoms with van der Waals surface area (Å²) in [5.74, 6) is -10.7. The Morgan fingerprint density at radius 1 is 0.974 bits per heavy atom. The molecule has 0 saturated carbocycles. The van der Waals surface area contributed by atoms with Crippen molar-refractivity contribution in [3.8, 4) is 5.75 Å². The van der Waals surface area contributed by atoms with E-state index in [0.717, 1.165) is 10.7 Å². The first kappa shape index (κ1) is 26.5. The molecule has 14 heteroatoms. The molecule has 0 radical (unpaired) electrons. The van der Waals surface area contributed by atoms with Gasteiger partial charge in [-0.25, -0.2) is 22.0 Å². The van der Waals surface area contributed by atoms with E-state index in [0.29, 0.717) is 5.56 Å². The third kappa shape index (κ3) is 5.57. The lowest BCUT2D eigenvalue weighted by molar-refractivity contribution is -0.384. The van der Waals surface area contributed by atoms with Gasteiger partial charge in [-0.15, -0.1) is 0 Å². The van der Waals surface area contributed by atoms with Crippen LogP contribution in [0.15, 0.2) is 54.7 Å². The molecule has 38 heavy (non-hydrogen) atoms. The quantitative estimate of drug-likeness (QED) is 0.0947. The summed E-state index contributed by atoms with van der Waals surface area (Å²) in [6.45, 7) is -0.712. The van der Waals surface area contributed by atoms with Crippen LogP contribution in [0.3, 0.4) is 0 Å². The number of carbonyl (C=O) groups excluding carboxylic acids is 1. The Kier molecular flexibility index (Phi) is 7.57. The lowest BCUT2D eigenvalue weighted by Crippen LogP contribution is -2.14. The van der Waals surface area contributed by atoms with Crippen LogP contribution in [0.1, 0.15) is 21.5 Å². The lowest BCUT2D eigenvalue weighted by atomic mass is 10.1. The largest absolute Gasteiger partial charge is 0.487 e. The summed E-state index contributed by atoms with van der Waals surface area (Å²) < 4.78 is 74.3. The Hall–Kier alpha value is -4.52. The first-order valence-corrected chi connectivity index (χ1v) is 10.9. The summed E-state index contributed by atoms with van der Waals surface area (Å²) in [6.07, 6.45) is 1.19. The number of anilines is 1. The average molecular weight is 553 g/mol. The molecule has 4 aromatic rings. The molecule has 0 fully saturated rings. The van der Waals surface area contributed by atoms with Gasteiger partial charge in [-0.3, -0.25) is 19.6 Å². The molecule has 0 atom stereocenters. The van der Waals surface area contributed by atoms with Crippen molar-refractivity contribution in [1.82, 2.24) is 9.78 Å². The minimum Gasteiger partial charge on any atom is -0.487 e. The maximum Gasteiger partial charge on any atom is 0.271 e. The van der Waals surface area contributed by atoms with Crippen LogP contribution in [0, 0.1) is 39.2 Å². The van der Waals surface area contributed by atoms with Gasteiger partial charge in [0, 0.05) is 30.0 Å². The van der Waals surface area contributed by atoms with Crippen molar-refractivity contribution in [1.29, 1.82) is 0 Å². The summed E-state index contributed by atoms with van der Waals surface area (Å²) in [5, 5.41) is 17.2. The van der Waals surface area contributed by atoms with Gasteiger partial charge in [-0.05, 0) is 23.8 Å². The Morgan fingerprint density at radius 3 is 2.21 bits per heavy atom. The highest BCUT2D eigenvalue weighted by Crippen LogP contribution is 2.29. The molecular formula is C24H14ClF5N4O4. The van der Waals surface area contributed by atoms with Crippen LogP contribution in [0.25, 0.3) is 0 Å². The molecule has 0 bridgehead atoms. The van der Waals surface area contributed by atoms with Gasteiger partial charge >= 0.3 is 0 Å². The van der Waals surface area contributed by atoms with Crippen LogP contribution >= 0.6 is 11.6 Å². The van der Waals surface area contributed by atoms with E-state index in [4.69, 9.17) is 16.3 Å². The van der Waals surface area contributed by atoms with Crippen molar-refractivity contribution in [2.75, 3.05) is 5.32 Å². The molecule has 0 saturated heterocycles. The van der Waals surface area contributed by atoms with Crippen molar-refractivity contribution < 1.29 is 36.4 Å². The van der Waals surface area contributed by atoms with Gasteiger partial charge in [0.15, 0.2) is 29.1 Å². The van der Waals surface area contributed by atoms with E-state index >= 15 is 0 Å². The van der Waals surface area contributed by atoms with Crippen LogP contribution in [0.4, 0.5) is 33.5 Å². The van der Waals surface area contributed by atoms with Crippen molar-refractivity contribution in [3.63, 3.8) is 0 Å². The predicted molar refractivity (Wildman–Crippen MR) is 124 cm³/mol. The number of benzene rings is 3. The molecule has 1 amide bonds. The number of rotatable bonds is 8. The molecule has 0 aliphatic carbocycles. The number of aromatic nitrogens is 2. The number of hydrogen-bond acceptors (Lipinski definition) is 5. The molecular weight excluding hydrogens is 539 g/mol. The lowest BCUT2D eigenvalue weighted by Gasteiger charge is -2.09. The maximum absolute atomic E-state index is 13.9. The average Bonchev–Trinajstić information content (AvgIpc) is 3.35. The van der Waals surface area contributed by atoms with Gasteiger partial charge < -0.3 is 10.1 Å². The summed E-state index contributed by atoms with van der Waals surface area (Å²) in [7, 11) is 0. The summed E-state index contributed by atoms with van der Waals surface area (Å²) in [5.41, 5.74) is -0.380. The molecule has 0 spiro atoms. The van der Waals surface area contributed by atoms with Crippen LogP contribution in [-0.2, 0) is 13.2 Å². The Balaban J connectivity index is 1.37. The van der Waals surface area contributed by atoms with Gasteiger partial charge in [0.2, 0.25) is 5.82 Å².